The molecule has 0 amide bonds. The Balaban J connectivity index is 4.96. The Hall–Kier alpha value is -1.38. The summed E-state index contributed by atoms with van der Waals surface area (Å²) in [7, 11) is 0. The number of esters is 1. The third kappa shape index (κ3) is 6.69. The van der Waals surface area contributed by atoms with E-state index in [0.29, 0.717) is 32.3 Å². The van der Waals surface area contributed by atoms with E-state index in [9.17, 15) is 9.59 Å². The highest BCUT2D eigenvalue weighted by molar-refractivity contribution is 5.93. The molecule has 0 spiro atoms. The summed E-state index contributed by atoms with van der Waals surface area (Å²) in [5.74, 6) is -0.390. The van der Waals surface area contributed by atoms with Crippen molar-refractivity contribution in [2.45, 2.75) is 60.3 Å². The predicted octanol–water partition coefficient (Wildman–Crippen LogP) is 4.23. The number of ether oxygens (including phenoxy) is 1. The van der Waals surface area contributed by atoms with E-state index in [1.807, 2.05) is 27.7 Å². The van der Waals surface area contributed by atoms with Gasteiger partial charge in [0.15, 0.2) is 0 Å². The number of hydrogen-bond acceptors (Lipinski definition) is 3. The molecule has 0 N–H and O–H groups in total. The quantitative estimate of drug-likeness (QED) is 0.275. The normalized spacial score (nSPS) is 10.7. The lowest BCUT2D eigenvalue weighted by molar-refractivity contribution is -0.157. The van der Waals surface area contributed by atoms with Crippen LogP contribution in [0.3, 0.4) is 0 Å². The van der Waals surface area contributed by atoms with Crippen LogP contribution >= 0.6 is 0 Å². The number of rotatable bonds is 9. The van der Waals surface area contributed by atoms with E-state index in [0.717, 1.165) is 6.29 Å². The highest BCUT2D eigenvalue weighted by Crippen LogP contribution is 2.30. The van der Waals surface area contributed by atoms with E-state index < -0.39 is 5.41 Å². The predicted molar refractivity (Wildman–Crippen MR) is 82.5 cm³/mol. The molecular weight excluding hydrogens is 252 g/mol. The second kappa shape index (κ2) is 9.51. The van der Waals surface area contributed by atoms with Crippen LogP contribution in [-0.4, -0.2) is 18.9 Å². The number of carbonyl (C=O) groups is 2. The molecule has 0 aliphatic rings. The first-order valence-corrected chi connectivity index (χ1v) is 7.28. The summed E-state index contributed by atoms with van der Waals surface area (Å²) in [6, 6.07) is 0. The summed E-state index contributed by atoms with van der Waals surface area (Å²) >= 11 is 0. The molecule has 3 nitrogen and oxygen atoms in total. The SMILES string of the molecule is CCOC(=O)C(C=O)(CCC=C(C)C)CCC=C(C)C. The van der Waals surface area contributed by atoms with Crippen molar-refractivity contribution in [1.29, 1.82) is 0 Å². The molecule has 0 fully saturated rings. The van der Waals surface area contributed by atoms with Crippen LogP contribution in [-0.2, 0) is 14.3 Å². The zero-order valence-corrected chi connectivity index (χ0v) is 13.5. The fourth-order valence-electron chi connectivity index (χ4n) is 2.01. The molecule has 0 atom stereocenters. The van der Waals surface area contributed by atoms with Crippen molar-refractivity contribution in [3.05, 3.63) is 23.3 Å². The lowest BCUT2D eigenvalue weighted by Crippen LogP contribution is -2.34. The van der Waals surface area contributed by atoms with E-state index in [4.69, 9.17) is 4.74 Å². The first kappa shape index (κ1) is 18.6. The van der Waals surface area contributed by atoms with Crippen LogP contribution in [0.25, 0.3) is 0 Å². The van der Waals surface area contributed by atoms with Gasteiger partial charge < -0.3 is 9.53 Å². The van der Waals surface area contributed by atoms with Crippen molar-refractivity contribution in [3.8, 4) is 0 Å². The second-order valence-electron chi connectivity index (χ2n) is 5.63. The third-order valence-electron chi connectivity index (χ3n) is 3.19. The van der Waals surface area contributed by atoms with Crippen LogP contribution in [0.4, 0.5) is 0 Å². The zero-order chi connectivity index (χ0) is 15.6. The maximum absolute atomic E-state index is 12.2. The standard InChI is InChI=1S/C17H28O3/c1-6-20-16(19)17(13-18,11-7-9-14(2)3)12-8-10-15(4)5/h9-10,13H,6-8,11-12H2,1-5H3. The molecule has 0 bridgehead atoms. The Morgan fingerprint density at radius 3 is 1.75 bits per heavy atom. The molecule has 0 saturated heterocycles. The lowest BCUT2D eigenvalue weighted by Gasteiger charge is -2.25. The molecule has 0 rings (SSSR count). The summed E-state index contributed by atoms with van der Waals surface area (Å²) in [5.41, 5.74) is 1.38. The maximum atomic E-state index is 12.2. The second-order valence-corrected chi connectivity index (χ2v) is 5.63. The van der Waals surface area contributed by atoms with Gasteiger partial charge in [0.05, 0.1) is 6.61 Å². The van der Waals surface area contributed by atoms with Gasteiger partial charge in [0.25, 0.3) is 0 Å². The van der Waals surface area contributed by atoms with E-state index in [1.165, 1.54) is 11.1 Å². The Labute approximate surface area is 123 Å². The molecule has 0 aromatic carbocycles. The summed E-state index contributed by atoms with van der Waals surface area (Å²) in [4.78, 5) is 23.7. The molecule has 0 saturated carbocycles. The largest absolute Gasteiger partial charge is 0.465 e. The molecule has 0 aliphatic heterocycles. The smallest absolute Gasteiger partial charge is 0.319 e. The summed E-state index contributed by atoms with van der Waals surface area (Å²) in [5, 5.41) is 0. The summed E-state index contributed by atoms with van der Waals surface area (Å²) < 4.78 is 5.10. The van der Waals surface area contributed by atoms with Gasteiger partial charge in [0, 0.05) is 0 Å². The molecule has 0 radical (unpaired) electrons. The number of allylic oxidation sites excluding steroid dienone is 4. The minimum absolute atomic E-state index is 0.305. The average molecular weight is 280 g/mol. The van der Waals surface area contributed by atoms with Gasteiger partial charge in [0.2, 0.25) is 0 Å². The van der Waals surface area contributed by atoms with Gasteiger partial charge in [-0.2, -0.15) is 0 Å². The number of hydrogen-bond donors (Lipinski definition) is 0. The summed E-state index contributed by atoms with van der Waals surface area (Å²) in [6.45, 7) is 10.1. The lowest BCUT2D eigenvalue weighted by atomic mass is 9.80. The van der Waals surface area contributed by atoms with Gasteiger partial charge in [-0.15, -0.1) is 0 Å². The highest BCUT2D eigenvalue weighted by atomic mass is 16.5. The topological polar surface area (TPSA) is 43.4 Å². The van der Waals surface area contributed by atoms with Crippen molar-refractivity contribution in [2.24, 2.45) is 5.41 Å². The number of carbonyl (C=O) groups excluding carboxylic acids is 2. The van der Waals surface area contributed by atoms with E-state index in [-0.39, 0.29) is 5.97 Å². The number of aldehydes is 1. The molecular formula is C17H28O3. The van der Waals surface area contributed by atoms with Crippen LogP contribution in [0.2, 0.25) is 0 Å². The Morgan fingerprint density at radius 2 is 1.45 bits per heavy atom. The first-order chi connectivity index (χ1) is 9.38. The van der Waals surface area contributed by atoms with Crippen molar-refractivity contribution >= 4 is 12.3 Å². The van der Waals surface area contributed by atoms with Crippen molar-refractivity contribution in [3.63, 3.8) is 0 Å². The molecule has 3 heteroatoms. The molecule has 20 heavy (non-hydrogen) atoms. The van der Waals surface area contributed by atoms with E-state index >= 15 is 0 Å². The van der Waals surface area contributed by atoms with Crippen molar-refractivity contribution < 1.29 is 14.3 Å². The van der Waals surface area contributed by atoms with Crippen LogP contribution in [0, 0.1) is 5.41 Å². The molecule has 0 unspecified atom stereocenters. The first-order valence-electron chi connectivity index (χ1n) is 7.28. The van der Waals surface area contributed by atoms with Crippen LogP contribution < -0.4 is 0 Å². The van der Waals surface area contributed by atoms with Gasteiger partial charge in [-0.05, 0) is 60.3 Å². The molecule has 0 aliphatic carbocycles. The highest BCUT2D eigenvalue weighted by Gasteiger charge is 2.38. The maximum Gasteiger partial charge on any atom is 0.319 e. The monoisotopic (exact) mass is 280 g/mol. The van der Waals surface area contributed by atoms with Gasteiger partial charge >= 0.3 is 5.97 Å². The fourth-order valence-corrected chi connectivity index (χ4v) is 2.01. The summed E-state index contributed by atoms with van der Waals surface area (Å²) in [6.07, 6.45) is 7.34. The third-order valence-corrected chi connectivity index (χ3v) is 3.19. The van der Waals surface area contributed by atoms with Gasteiger partial charge in [-0.1, -0.05) is 23.3 Å². The Bertz CT molecular complexity index is 348. The van der Waals surface area contributed by atoms with E-state index in [2.05, 4.69) is 12.2 Å². The van der Waals surface area contributed by atoms with Crippen LogP contribution in [0.15, 0.2) is 23.3 Å². The van der Waals surface area contributed by atoms with Crippen LogP contribution in [0.5, 0.6) is 0 Å². The minimum Gasteiger partial charge on any atom is -0.465 e. The van der Waals surface area contributed by atoms with Crippen LogP contribution in [0.1, 0.15) is 60.3 Å². The van der Waals surface area contributed by atoms with Crippen molar-refractivity contribution in [1.82, 2.24) is 0 Å². The molecule has 0 aromatic heterocycles. The minimum atomic E-state index is -1.01. The molecule has 114 valence electrons. The fraction of sp³-hybridized carbons (Fsp3) is 0.647. The molecule has 0 heterocycles. The van der Waals surface area contributed by atoms with Gasteiger partial charge in [-0.3, -0.25) is 4.79 Å². The van der Waals surface area contributed by atoms with Gasteiger partial charge in [0.1, 0.15) is 11.7 Å². The Morgan fingerprint density at radius 1 is 1.00 bits per heavy atom. The Kier molecular flexibility index (Phi) is 8.86. The van der Waals surface area contributed by atoms with Crippen molar-refractivity contribution in [2.75, 3.05) is 6.61 Å². The molecule has 0 aromatic rings. The average Bonchev–Trinajstić information content (AvgIpc) is 2.36. The van der Waals surface area contributed by atoms with Gasteiger partial charge in [-0.25, -0.2) is 0 Å². The zero-order valence-electron chi connectivity index (χ0n) is 13.5. The van der Waals surface area contributed by atoms with E-state index in [1.54, 1.807) is 6.92 Å².